The van der Waals surface area contributed by atoms with Crippen molar-refractivity contribution in [1.29, 1.82) is 0 Å². The number of rotatable bonds is 7. The zero-order chi connectivity index (χ0) is 19.8. The van der Waals surface area contributed by atoms with Gasteiger partial charge in [0.1, 0.15) is 19.5 Å². The van der Waals surface area contributed by atoms with Gasteiger partial charge in [0.2, 0.25) is 0 Å². The molecule has 0 aliphatic rings. The van der Waals surface area contributed by atoms with E-state index in [0.717, 1.165) is 16.7 Å². The highest BCUT2D eigenvalue weighted by Gasteiger charge is 2.20. The lowest BCUT2D eigenvalue weighted by Crippen LogP contribution is -2.20. The minimum Gasteiger partial charge on any atom is -0.508 e. The normalized spacial score (nSPS) is 11.9. The average molecular weight is 370 g/mol. The van der Waals surface area contributed by atoms with Gasteiger partial charge in [-0.3, -0.25) is 0 Å². The van der Waals surface area contributed by atoms with Crippen molar-refractivity contribution in [3.05, 3.63) is 64.7 Å². The number of carbonyl (C=O) groups excluding carboxylic acids is 1. The van der Waals surface area contributed by atoms with E-state index in [2.05, 4.69) is 10.3 Å². The minimum atomic E-state index is -0.608. The summed E-state index contributed by atoms with van der Waals surface area (Å²) in [4.78, 5) is 22.3. The SMILES string of the molecule is CO/N=C(/C(=O)OC)c1cccc(C)c1CO/N=C(\C)c1cccc(O)c1. The fraction of sp³-hybridized carbons (Fsp3) is 0.250. The molecule has 0 saturated carbocycles. The number of phenols is 1. The molecular formula is C20H22N2O5. The Hall–Kier alpha value is -3.35. The van der Waals surface area contributed by atoms with Crippen LogP contribution in [0, 0.1) is 6.92 Å². The van der Waals surface area contributed by atoms with Crippen LogP contribution in [0.25, 0.3) is 0 Å². The van der Waals surface area contributed by atoms with Gasteiger partial charge in [0, 0.05) is 16.7 Å². The standard InChI is InChI=1S/C20H22N2O5/c1-13-7-5-10-17(19(22-26-4)20(24)25-3)18(13)12-27-21-14(2)15-8-6-9-16(23)11-15/h5-11,23H,12H2,1-4H3/b21-14+,22-19+. The first-order chi connectivity index (χ1) is 13.0. The van der Waals surface area contributed by atoms with Gasteiger partial charge in [-0.2, -0.15) is 0 Å². The van der Waals surface area contributed by atoms with E-state index in [-0.39, 0.29) is 18.1 Å². The third-order valence-electron chi connectivity index (χ3n) is 3.90. The van der Waals surface area contributed by atoms with Crippen LogP contribution in [0.4, 0.5) is 0 Å². The van der Waals surface area contributed by atoms with Crippen molar-refractivity contribution < 1.29 is 24.3 Å². The maximum absolute atomic E-state index is 12.0. The molecule has 2 rings (SSSR count). The van der Waals surface area contributed by atoms with Gasteiger partial charge in [-0.15, -0.1) is 0 Å². The lowest BCUT2D eigenvalue weighted by Gasteiger charge is -2.12. The number of aryl methyl sites for hydroxylation is 1. The van der Waals surface area contributed by atoms with Crippen molar-refractivity contribution in [2.24, 2.45) is 10.3 Å². The lowest BCUT2D eigenvalue weighted by atomic mass is 9.99. The lowest BCUT2D eigenvalue weighted by molar-refractivity contribution is -0.132. The molecule has 0 bridgehead atoms. The van der Waals surface area contributed by atoms with Crippen LogP contribution >= 0.6 is 0 Å². The van der Waals surface area contributed by atoms with Crippen LogP contribution in [0.1, 0.15) is 29.2 Å². The third kappa shape index (κ3) is 5.07. The smallest absolute Gasteiger partial charge is 0.360 e. The van der Waals surface area contributed by atoms with E-state index in [0.29, 0.717) is 11.3 Å². The minimum absolute atomic E-state index is 0.0518. The first-order valence-corrected chi connectivity index (χ1v) is 8.22. The van der Waals surface area contributed by atoms with Crippen LogP contribution in [0.3, 0.4) is 0 Å². The zero-order valence-electron chi connectivity index (χ0n) is 15.7. The van der Waals surface area contributed by atoms with Crippen molar-refractivity contribution in [3.63, 3.8) is 0 Å². The largest absolute Gasteiger partial charge is 0.508 e. The number of hydrogen-bond donors (Lipinski definition) is 1. The number of ether oxygens (including phenoxy) is 1. The first-order valence-electron chi connectivity index (χ1n) is 8.22. The number of benzene rings is 2. The fourth-order valence-corrected chi connectivity index (χ4v) is 2.48. The summed E-state index contributed by atoms with van der Waals surface area (Å²) >= 11 is 0. The Morgan fingerprint density at radius 2 is 1.85 bits per heavy atom. The highest BCUT2D eigenvalue weighted by Crippen LogP contribution is 2.18. The average Bonchev–Trinajstić information content (AvgIpc) is 2.66. The molecule has 0 amide bonds. The van der Waals surface area contributed by atoms with E-state index in [1.807, 2.05) is 25.1 Å². The molecule has 0 spiro atoms. The van der Waals surface area contributed by atoms with Crippen LogP contribution in [-0.2, 0) is 25.8 Å². The van der Waals surface area contributed by atoms with Crippen molar-refractivity contribution in [3.8, 4) is 5.75 Å². The predicted molar refractivity (Wildman–Crippen MR) is 102 cm³/mol. The monoisotopic (exact) mass is 370 g/mol. The van der Waals surface area contributed by atoms with E-state index in [4.69, 9.17) is 14.4 Å². The van der Waals surface area contributed by atoms with Crippen LogP contribution in [0.5, 0.6) is 5.75 Å². The molecule has 142 valence electrons. The molecule has 0 aliphatic carbocycles. The summed E-state index contributed by atoms with van der Waals surface area (Å²) in [5.74, 6) is -0.454. The molecular weight excluding hydrogens is 348 g/mol. The zero-order valence-corrected chi connectivity index (χ0v) is 15.7. The van der Waals surface area contributed by atoms with Crippen LogP contribution in [-0.4, -0.2) is 36.7 Å². The molecule has 2 aromatic carbocycles. The maximum atomic E-state index is 12.0. The third-order valence-corrected chi connectivity index (χ3v) is 3.90. The Labute approximate surface area is 157 Å². The molecule has 0 unspecified atom stereocenters. The van der Waals surface area contributed by atoms with E-state index in [1.54, 1.807) is 31.2 Å². The Morgan fingerprint density at radius 1 is 1.11 bits per heavy atom. The van der Waals surface area contributed by atoms with Gasteiger partial charge in [-0.25, -0.2) is 4.79 Å². The highest BCUT2D eigenvalue weighted by molar-refractivity contribution is 6.43. The predicted octanol–water partition coefficient (Wildman–Crippen LogP) is 3.16. The van der Waals surface area contributed by atoms with Gasteiger partial charge in [0.05, 0.1) is 12.8 Å². The molecule has 7 heteroatoms. The number of nitrogens with zero attached hydrogens (tertiary/aromatic N) is 2. The summed E-state index contributed by atoms with van der Waals surface area (Å²) in [5, 5.41) is 17.5. The molecule has 0 aliphatic heterocycles. The molecule has 0 fully saturated rings. The molecule has 1 N–H and O–H groups in total. The first kappa shape index (κ1) is 20.0. The number of aromatic hydroxyl groups is 1. The summed E-state index contributed by atoms with van der Waals surface area (Å²) in [7, 11) is 2.64. The summed E-state index contributed by atoms with van der Waals surface area (Å²) in [5.41, 5.74) is 3.61. The maximum Gasteiger partial charge on any atom is 0.360 e. The second kappa shape index (κ2) is 9.38. The van der Waals surface area contributed by atoms with Gasteiger partial charge >= 0.3 is 5.97 Å². The van der Waals surface area contributed by atoms with E-state index >= 15 is 0 Å². The molecule has 2 aromatic rings. The number of methoxy groups -OCH3 is 1. The fourth-order valence-electron chi connectivity index (χ4n) is 2.48. The Kier molecular flexibility index (Phi) is 6.93. The van der Waals surface area contributed by atoms with E-state index in [9.17, 15) is 9.90 Å². The number of carbonyl (C=O) groups is 1. The van der Waals surface area contributed by atoms with E-state index < -0.39 is 5.97 Å². The van der Waals surface area contributed by atoms with Gasteiger partial charge in [-0.1, -0.05) is 40.6 Å². The summed E-state index contributed by atoms with van der Waals surface area (Å²) in [6.07, 6.45) is 0. The number of esters is 1. The van der Waals surface area contributed by atoms with Gasteiger partial charge < -0.3 is 19.5 Å². The van der Waals surface area contributed by atoms with Crippen molar-refractivity contribution in [1.82, 2.24) is 0 Å². The topological polar surface area (TPSA) is 89.7 Å². The molecule has 7 nitrogen and oxygen atoms in total. The van der Waals surface area contributed by atoms with Crippen LogP contribution in [0.2, 0.25) is 0 Å². The second-order valence-corrected chi connectivity index (χ2v) is 5.72. The Balaban J connectivity index is 2.27. The van der Waals surface area contributed by atoms with Crippen molar-refractivity contribution in [2.45, 2.75) is 20.5 Å². The number of hydrogen-bond acceptors (Lipinski definition) is 7. The molecule has 0 radical (unpaired) electrons. The van der Waals surface area contributed by atoms with Crippen LogP contribution in [0.15, 0.2) is 52.8 Å². The quantitative estimate of drug-likeness (QED) is 0.459. The molecule has 0 saturated heterocycles. The number of oxime groups is 2. The second-order valence-electron chi connectivity index (χ2n) is 5.72. The summed E-state index contributed by atoms with van der Waals surface area (Å²) in [6.45, 7) is 3.80. The molecule has 0 heterocycles. The number of phenolic OH excluding ortho intramolecular Hbond substituents is 1. The van der Waals surface area contributed by atoms with Crippen LogP contribution < -0.4 is 0 Å². The molecule has 0 aromatic heterocycles. The van der Waals surface area contributed by atoms with E-state index in [1.165, 1.54) is 14.2 Å². The van der Waals surface area contributed by atoms with Crippen molar-refractivity contribution >= 4 is 17.4 Å². The van der Waals surface area contributed by atoms with Gasteiger partial charge in [0.15, 0.2) is 5.71 Å². The molecule has 27 heavy (non-hydrogen) atoms. The van der Waals surface area contributed by atoms with Crippen molar-refractivity contribution in [2.75, 3.05) is 14.2 Å². The summed E-state index contributed by atoms with van der Waals surface area (Å²) in [6, 6.07) is 12.2. The highest BCUT2D eigenvalue weighted by atomic mass is 16.6. The molecule has 0 atom stereocenters. The van der Waals surface area contributed by atoms with Gasteiger partial charge in [0.25, 0.3) is 0 Å². The summed E-state index contributed by atoms with van der Waals surface area (Å²) < 4.78 is 4.78. The Morgan fingerprint density at radius 3 is 2.52 bits per heavy atom. The van der Waals surface area contributed by atoms with Gasteiger partial charge in [-0.05, 0) is 31.5 Å². The Bertz CT molecular complexity index is 874.